The van der Waals surface area contributed by atoms with E-state index >= 15 is 0 Å². The lowest BCUT2D eigenvalue weighted by molar-refractivity contribution is 0.0912. The summed E-state index contributed by atoms with van der Waals surface area (Å²) in [5.41, 5.74) is 3.02. The first-order valence-electron chi connectivity index (χ1n) is 13.7. The van der Waals surface area contributed by atoms with Gasteiger partial charge in [-0.3, -0.25) is 24.0 Å². The van der Waals surface area contributed by atoms with Gasteiger partial charge in [-0.25, -0.2) is 9.80 Å². The van der Waals surface area contributed by atoms with Gasteiger partial charge >= 0.3 is 0 Å². The third-order valence-corrected chi connectivity index (χ3v) is 7.54. The number of rotatable bonds is 4. The average Bonchev–Trinajstić information content (AvgIpc) is 3.48. The minimum Gasteiger partial charge on any atom is -0.289 e. The molecule has 7 heteroatoms. The van der Waals surface area contributed by atoms with Crippen LogP contribution < -0.4 is 9.80 Å². The van der Waals surface area contributed by atoms with Gasteiger partial charge in [-0.15, -0.1) is 0 Å². The van der Waals surface area contributed by atoms with Crippen LogP contribution >= 0.6 is 0 Å². The van der Waals surface area contributed by atoms with Crippen LogP contribution in [0.3, 0.4) is 0 Å². The van der Waals surface area contributed by atoms with Crippen LogP contribution in [0.2, 0.25) is 0 Å². The minimum atomic E-state index is -0.565. The van der Waals surface area contributed by atoms with Crippen molar-refractivity contribution in [3.05, 3.63) is 166 Å². The number of carbonyl (C=O) groups excluding carboxylic acids is 5. The summed E-state index contributed by atoms with van der Waals surface area (Å²) in [6, 6.07) is 33.3. The fourth-order valence-electron chi connectivity index (χ4n) is 5.37. The molecule has 2 aliphatic heterocycles. The van der Waals surface area contributed by atoms with E-state index in [0.29, 0.717) is 11.1 Å². The van der Waals surface area contributed by atoms with Gasteiger partial charge < -0.3 is 0 Å². The van der Waals surface area contributed by atoms with E-state index in [-0.39, 0.29) is 39.2 Å². The van der Waals surface area contributed by atoms with Gasteiger partial charge in [0.05, 0.1) is 33.6 Å². The zero-order chi connectivity index (χ0) is 30.4. The molecule has 0 atom stereocenters. The number of ketones is 1. The van der Waals surface area contributed by atoms with Gasteiger partial charge in [0.15, 0.2) is 5.78 Å². The van der Waals surface area contributed by atoms with Crippen LogP contribution in [0.1, 0.15) is 68.5 Å². The molecule has 0 saturated carbocycles. The second-order valence-electron chi connectivity index (χ2n) is 10.2. The van der Waals surface area contributed by atoms with Gasteiger partial charge in [-0.1, -0.05) is 54.3 Å². The molecule has 5 aromatic rings. The summed E-state index contributed by atoms with van der Waals surface area (Å²) in [7, 11) is 0. The molecule has 0 radical (unpaired) electrons. The molecule has 0 saturated heterocycles. The highest BCUT2D eigenvalue weighted by Gasteiger charge is 2.40. The smallest absolute Gasteiger partial charge is 0.266 e. The zero-order valence-corrected chi connectivity index (χ0v) is 23.0. The summed E-state index contributed by atoms with van der Waals surface area (Å²) in [6.45, 7) is 0. The summed E-state index contributed by atoms with van der Waals surface area (Å²) in [4.78, 5) is 69.2. The van der Waals surface area contributed by atoms with Gasteiger partial charge in [0.25, 0.3) is 23.6 Å². The van der Waals surface area contributed by atoms with Crippen molar-refractivity contribution in [3.8, 4) is 11.8 Å². The summed E-state index contributed by atoms with van der Waals surface area (Å²) in [5.74, 6) is 3.46. The Morgan fingerprint density at radius 3 is 1.25 bits per heavy atom. The van der Waals surface area contributed by atoms with Crippen LogP contribution in [0.15, 0.2) is 121 Å². The third kappa shape index (κ3) is 4.39. The van der Waals surface area contributed by atoms with Crippen LogP contribution in [-0.2, 0) is 0 Å². The molecular weight excluding hydrogens is 552 g/mol. The largest absolute Gasteiger partial charge is 0.289 e. The third-order valence-electron chi connectivity index (χ3n) is 7.54. The summed E-state index contributed by atoms with van der Waals surface area (Å²) >= 11 is 0. The van der Waals surface area contributed by atoms with Gasteiger partial charge in [-0.05, 0) is 78.9 Å². The zero-order valence-electron chi connectivity index (χ0n) is 23.0. The van der Waals surface area contributed by atoms with E-state index < -0.39 is 29.4 Å². The molecule has 2 heterocycles. The van der Waals surface area contributed by atoms with Crippen LogP contribution in [0.5, 0.6) is 0 Å². The molecule has 7 rings (SSSR count). The first-order chi connectivity index (χ1) is 21.4. The Morgan fingerprint density at radius 1 is 0.432 bits per heavy atom. The lowest BCUT2D eigenvalue weighted by Crippen LogP contribution is -2.32. The first-order valence-corrected chi connectivity index (χ1v) is 13.7. The molecule has 0 aliphatic carbocycles. The molecule has 0 aromatic heterocycles. The van der Waals surface area contributed by atoms with Crippen molar-refractivity contribution < 1.29 is 24.0 Å². The minimum absolute atomic E-state index is 0.0685. The van der Waals surface area contributed by atoms with Gasteiger partial charge in [0.1, 0.15) is 0 Å². The van der Waals surface area contributed by atoms with Gasteiger partial charge in [-0.2, -0.15) is 0 Å². The molecule has 0 unspecified atom stereocenters. The Hall–Kier alpha value is -6.39. The molecule has 4 amide bonds. The molecule has 44 heavy (non-hydrogen) atoms. The molecule has 0 N–H and O–H groups in total. The van der Waals surface area contributed by atoms with Crippen molar-refractivity contribution in [2.75, 3.05) is 9.80 Å². The number of hydrogen-bond donors (Lipinski definition) is 0. The Morgan fingerprint density at radius 2 is 0.818 bits per heavy atom. The number of imide groups is 2. The average molecular weight is 573 g/mol. The monoisotopic (exact) mass is 572 g/mol. The van der Waals surface area contributed by atoms with E-state index in [4.69, 9.17) is 0 Å². The van der Waals surface area contributed by atoms with E-state index in [1.165, 1.54) is 18.2 Å². The Balaban J connectivity index is 1.29. The predicted octanol–water partition coefficient (Wildman–Crippen LogP) is 5.92. The summed E-state index contributed by atoms with van der Waals surface area (Å²) in [5, 5.41) is 0. The molecule has 0 spiro atoms. The Labute approximate surface area is 252 Å². The maximum absolute atomic E-state index is 13.8. The highest BCUT2D eigenvalue weighted by molar-refractivity contribution is 6.36. The van der Waals surface area contributed by atoms with Gasteiger partial charge in [0.2, 0.25) is 0 Å². The quantitative estimate of drug-likeness (QED) is 0.152. The molecule has 208 valence electrons. The highest BCUT2D eigenvalue weighted by atomic mass is 16.2. The van der Waals surface area contributed by atoms with Crippen LogP contribution in [-0.4, -0.2) is 29.4 Å². The first kappa shape index (κ1) is 26.5. The van der Waals surface area contributed by atoms with Crippen molar-refractivity contribution >= 4 is 40.8 Å². The topological polar surface area (TPSA) is 91.8 Å². The number of hydrogen-bond acceptors (Lipinski definition) is 5. The highest BCUT2D eigenvalue weighted by Crippen LogP contribution is 2.35. The Kier molecular flexibility index (Phi) is 6.30. The number of amides is 4. The fraction of sp³-hybridized carbons (Fsp3) is 0. The maximum Gasteiger partial charge on any atom is 0.266 e. The maximum atomic E-state index is 13.8. The van der Waals surface area contributed by atoms with E-state index in [2.05, 4.69) is 11.8 Å². The van der Waals surface area contributed by atoms with E-state index in [1.807, 2.05) is 30.3 Å². The van der Waals surface area contributed by atoms with Crippen molar-refractivity contribution in [1.29, 1.82) is 0 Å². The molecule has 7 nitrogen and oxygen atoms in total. The van der Waals surface area contributed by atoms with Crippen LogP contribution in [0, 0.1) is 11.8 Å². The van der Waals surface area contributed by atoms with Crippen LogP contribution in [0.25, 0.3) is 0 Å². The predicted molar refractivity (Wildman–Crippen MR) is 164 cm³/mol. The SMILES string of the molecule is O=C(c1ccc(C#Cc2ccccc2)cc1)c1cc(N2C(=O)c3ccccc3C2=O)cc(N2C(=O)c3ccccc3C2=O)c1. The fourth-order valence-corrected chi connectivity index (χ4v) is 5.37. The summed E-state index contributed by atoms with van der Waals surface area (Å²) in [6.07, 6.45) is 0. The second kappa shape index (κ2) is 10.5. The van der Waals surface area contributed by atoms with E-state index in [0.717, 1.165) is 15.4 Å². The molecule has 0 bridgehead atoms. The lowest BCUT2D eigenvalue weighted by Gasteiger charge is -2.20. The number of carbonyl (C=O) groups is 5. The molecular formula is C37H20N2O5. The molecule has 5 aromatic carbocycles. The van der Waals surface area contributed by atoms with Crippen molar-refractivity contribution in [1.82, 2.24) is 0 Å². The van der Waals surface area contributed by atoms with E-state index in [9.17, 15) is 24.0 Å². The van der Waals surface area contributed by atoms with Crippen molar-refractivity contribution in [3.63, 3.8) is 0 Å². The van der Waals surface area contributed by atoms with E-state index in [1.54, 1.807) is 72.8 Å². The second-order valence-corrected chi connectivity index (χ2v) is 10.2. The Bertz CT molecular complexity index is 1960. The van der Waals surface area contributed by atoms with Crippen molar-refractivity contribution in [2.24, 2.45) is 0 Å². The van der Waals surface area contributed by atoms with Crippen LogP contribution in [0.4, 0.5) is 11.4 Å². The van der Waals surface area contributed by atoms with Crippen molar-refractivity contribution in [2.45, 2.75) is 0 Å². The molecule has 2 aliphatic rings. The normalized spacial score (nSPS) is 13.5. The standard InChI is InChI=1S/C37H20N2O5/c40-33(25-18-16-24(17-19-25)15-14-23-8-2-1-3-9-23)26-20-27(38-34(41)29-10-4-5-11-30(29)35(38)42)22-28(21-26)39-36(43)31-12-6-7-13-32(31)37(39)44/h1-13,16-22H. The number of fused-ring (bicyclic) bond motifs is 2. The summed E-state index contributed by atoms with van der Waals surface area (Å²) < 4.78 is 0. The number of nitrogens with zero attached hydrogens (tertiary/aromatic N) is 2. The number of benzene rings is 5. The number of anilines is 2. The van der Waals surface area contributed by atoms with Gasteiger partial charge in [0, 0.05) is 22.3 Å². The molecule has 0 fully saturated rings. The lowest BCUT2D eigenvalue weighted by atomic mass is 10.00.